The first kappa shape index (κ1) is 18.7. The van der Waals surface area contributed by atoms with Crippen LogP contribution >= 0.6 is 23.2 Å². The minimum absolute atomic E-state index is 0.250. The van der Waals surface area contributed by atoms with E-state index in [-0.39, 0.29) is 18.5 Å². The quantitative estimate of drug-likeness (QED) is 0.838. The summed E-state index contributed by atoms with van der Waals surface area (Å²) in [6.45, 7) is 3.21. The fourth-order valence-corrected chi connectivity index (χ4v) is 3.72. The molecule has 0 fully saturated rings. The number of benzene rings is 1. The van der Waals surface area contributed by atoms with Crippen LogP contribution < -0.4 is 0 Å². The van der Waals surface area contributed by atoms with Crippen molar-refractivity contribution in [2.75, 3.05) is 6.54 Å². The van der Waals surface area contributed by atoms with Gasteiger partial charge in [-0.3, -0.25) is 9.59 Å². The van der Waals surface area contributed by atoms with Crippen LogP contribution in [0.5, 0.6) is 0 Å². The highest BCUT2D eigenvalue weighted by Gasteiger charge is 2.31. The molecule has 1 heterocycles. The maximum absolute atomic E-state index is 13.0. The molecule has 0 spiro atoms. The van der Waals surface area contributed by atoms with Crippen LogP contribution in [0.3, 0.4) is 0 Å². The molecule has 0 atom stereocenters. The van der Waals surface area contributed by atoms with E-state index in [9.17, 15) is 9.59 Å². The second-order valence-electron chi connectivity index (χ2n) is 6.56. The Hall–Kier alpha value is -2.05. The molecule has 1 aromatic carbocycles. The molecule has 1 amide bonds. The second-order valence-corrected chi connectivity index (χ2v) is 7.40. The van der Waals surface area contributed by atoms with Crippen molar-refractivity contribution >= 4 is 35.1 Å². The van der Waals surface area contributed by atoms with Crippen LogP contribution in [0.2, 0.25) is 10.0 Å². The number of halogens is 2. The lowest BCUT2D eigenvalue weighted by Crippen LogP contribution is -2.41. The van der Waals surface area contributed by atoms with Gasteiger partial charge in [0.2, 0.25) is 0 Å². The average Bonchev–Trinajstić information content (AvgIpc) is 3.14. The molecule has 1 aromatic heterocycles. The third kappa shape index (κ3) is 3.44. The van der Waals surface area contributed by atoms with Crippen LogP contribution in [0.4, 0.5) is 0 Å². The standard InChI is InChI=1S/C18H19Cl2N3O3/c1-10(2)22(9-16(24)25)18(26)17-12-4-3-5-14(12)23(21-17)15-7-6-11(19)8-13(15)20/h6-8,10H,3-5,9H2,1-2H3,(H,24,25). The van der Waals surface area contributed by atoms with Gasteiger partial charge in [-0.05, 0) is 51.3 Å². The molecule has 1 aliphatic carbocycles. The van der Waals surface area contributed by atoms with E-state index in [2.05, 4.69) is 5.10 Å². The first-order valence-electron chi connectivity index (χ1n) is 8.38. The maximum atomic E-state index is 13.0. The van der Waals surface area contributed by atoms with Gasteiger partial charge in [0.1, 0.15) is 6.54 Å². The molecule has 0 saturated carbocycles. The molecule has 3 rings (SSSR count). The monoisotopic (exact) mass is 395 g/mol. The van der Waals surface area contributed by atoms with Gasteiger partial charge in [-0.15, -0.1) is 0 Å². The van der Waals surface area contributed by atoms with Crippen LogP contribution in [-0.4, -0.2) is 44.3 Å². The maximum Gasteiger partial charge on any atom is 0.323 e. The normalized spacial score (nSPS) is 13.1. The molecule has 2 aromatic rings. The molecule has 0 bridgehead atoms. The summed E-state index contributed by atoms with van der Waals surface area (Å²) in [6.07, 6.45) is 2.44. The van der Waals surface area contributed by atoms with E-state index in [4.69, 9.17) is 28.3 Å². The highest BCUT2D eigenvalue weighted by molar-refractivity contribution is 6.35. The lowest BCUT2D eigenvalue weighted by atomic mass is 10.1. The summed E-state index contributed by atoms with van der Waals surface area (Å²) in [5.74, 6) is -1.42. The van der Waals surface area contributed by atoms with Gasteiger partial charge in [-0.1, -0.05) is 23.2 Å². The van der Waals surface area contributed by atoms with Gasteiger partial charge in [-0.2, -0.15) is 5.10 Å². The number of carbonyl (C=O) groups excluding carboxylic acids is 1. The van der Waals surface area contributed by atoms with E-state index in [0.29, 0.717) is 21.4 Å². The van der Waals surface area contributed by atoms with Crippen molar-refractivity contribution < 1.29 is 14.7 Å². The van der Waals surface area contributed by atoms with Gasteiger partial charge in [0.25, 0.3) is 5.91 Å². The zero-order valence-electron chi connectivity index (χ0n) is 14.5. The number of rotatable bonds is 5. The lowest BCUT2D eigenvalue weighted by Gasteiger charge is -2.24. The zero-order valence-corrected chi connectivity index (χ0v) is 16.0. The van der Waals surface area contributed by atoms with Crippen LogP contribution in [-0.2, 0) is 17.6 Å². The van der Waals surface area contributed by atoms with Crippen LogP contribution in [0, 0.1) is 0 Å². The van der Waals surface area contributed by atoms with Crippen molar-refractivity contribution in [3.8, 4) is 5.69 Å². The molecule has 138 valence electrons. The number of amides is 1. The Morgan fingerprint density at radius 3 is 2.65 bits per heavy atom. The Morgan fingerprint density at radius 2 is 2.04 bits per heavy atom. The summed E-state index contributed by atoms with van der Waals surface area (Å²) in [4.78, 5) is 25.5. The Kier molecular flexibility index (Phi) is 5.25. The number of carboxylic acids is 1. The SMILES string of the molecule is CC(C)N(CC(=O)O)C(=O)c1nn(-c2ccc(Cl)cc2Cl)c2c1CCC2. The molecule has 0 radical (unpaired) electrons. The minimum atomic E-state index is -1.05. The smallest absolute Gasteiger partial charge is 0.323 e. The van der Waals surface area contributed by atoms with Crippen molar-refractivity contribution in [2.45, 2.75) is 39.2 Å². The van der Waals surface area contributed by atoms with E-state index >= 15 is 0 Å². The Labute approximate surface area is 161 Å². The first-order chi connectivity index (χ1) is 12.3. The molecule has 8 heteroatoms. The van der Waals surface area contributed by atoms with Crippen molar-refractivity contribution in [3.63, 3.8) is 0 Å². The van der Waals surface area contributed by atoms with Gasteiger partial charge in [0, 0.05) is 22.3 Å². The number of hydrogen-bond acceptors (Lipinski definition) is 3. The van der Waals surface area contributed by atoms with Gasteiger partial charge in [-0.25, -0.2) is 4.68 Å². The van der Waals surface area contributed by atoms with Crippen LogP contribution in [0.1, 0.15) is 42.0 Å². The molecule has 1 N–H and O–H groups in total. The molecular formula is C18H19Cl2N3O3. The lowest BCUT2D eigenvalue weighted by molar-refractivity contribution is -0.138. The fourth-order valence-electron chi connectivity index (χ4n) is 3.23. The first-order valence-corrected chi connectivity index (χ1v) is 9.14. The van der Waals surface area contributed by atoms with E-state index < -0.39 is 5.97 Å². The molecule has 26 heavy (non-hydrogen) atoms. The number of hydrogen-bond donors (Lipinski definition) is 1. The largest absolute Gasteiger partial charge is 0.480 e. The Balaban J connectivity index is 2.07. The fraction of sp³-hybridized carbons (Fsp3) is 0.389. The predicted octanol–water partition coefficient (Wildman–Crippen LogP) is 3.60. The molecule has 0 unspecified atom stereocenters. The number of carbonyl (C=O) groups is 2. The summed E-state index contributed by atoms with van der Waals surface area (Å²) in [7, 11) is 0. The summed E-state index contributed by atoms with van der Waals surface area (Å²) in [5, 5.41) is 14.6. The van der Waals surface area contributed by atoms with E-state index in [1.54, 1.807) is 36.7 Å². The minimum Gasteiger partial charge on any atom is -0.480 e. The molecule has 0 aliphatic heterocycles. The van der Waals surface area contributed by atoms with E-state index in [1.807, 2.05) is 0 Å². The highest BCUT2D eigenvalue weighted by atomic mass is 35.5. The number of aliphatic carboxylic acids is 1. The van der Waals surface area contributed by atoms with Crippen molar-refractivity contribution in [2.24, 2.45) is 0 Å². The van der Waals surface area contributed by atoms with Crippen molar-refractivity contribution in [3.05, 3.63) is 45.2 Å². The summed E-state index contributed by atoms with van der Waals surface area (Å²) in [5.41, 5.74) is 2.77. The number of carboxylic acid groups (broad SMARTS) is 1. The summed E-state index contributed by atoms with van der Waals surface area (Å²) >= 11 is 12.3. The van der Waals surface area contributed by atoms with Crippen molar-refractivity contribution in [1.82, 2.24) is 14.7 Å². The highest BCUT2D eigenvalue weighted by Crippen LogP contribution is 2.32. The molecule has 1 aliphatic rings. The van der Waals surface area contributed by atoms with Gasteiger partial charge in [0.05, 0.1) is 10.7 Å². The van der Waals surface area contributed by atoms with Crippen LogP contribution in [0.25, 0.3) is 5.69 Å². The molecular weight excluding hydrogens is 377 g/mol. The molecule has 0 saturated heterocycles. The molecule has 6 nitrogen and oxygen atoms in total. The van der Waals surface area contributed by atoms with Gasteiger partial charge in [0.15, 0.2) is 5.69 Å². The van der Waals surface area contributed by atoms with Crippen LogP contribution in [0.15, 0.2) is 18.2 Å². The second kappa shape index (κ2) is 7.29. The Bertz CT molecular complexity index is 877. The topological polar surface area (TPSA) is 75.4 Å². The summed E-state index contributed by atoms with van der Waals surface area (Å²) in [6, 6.07) is 4.87. The van der Waals surface area contributed by atoms with Crippen molar-refractivity contribution in [1.29, 1.82) is 0 Å². The zero-order chi connectivity index (χ0) is 19.0. The van der Waals surface area contributed by atoms with E-state index in [0.717, 1.165) is 30.5 Å². The third-order valence-corrected chi connectivity index (χ3v) is 5.00. The van der Waals surface area contributed by atoms with E-state index in [1.165, 1.54) is 4.90 Å². The third-order valence-electron chi connectivity index (χ3n) is 4.46. The van der Waals surface area contributed by atoms with Gasteiger partial charge < -0.3 is 10.0 Å². The Morgan fingerprint density at radius 1 is 1.31 bits per heavy atom. The average molecular weight is 396 g/mol. The van der Waals surface area contributed by atoms with Gasteiger partial charge >= 0.3 is 5.97 Å². The number of fused-ring (bicyclic) bond motifs is 1. The predicted molar refractivity (Wildman–Crippen MR) is 99.4 cm³/mol. The number of aromatic nitrogens is 2. The number of nitrogens with zero attached hydrogens (tertiary/aromatic N) is 3. The summed E-state index contributed by atoms with van der Waals surface area (Å²) < 4.78 is 1.69.